The largest absolute Gasteiger partial charge is 0.480 e. The van der Waals surface area contributed by atoms with Gasteiger partial charge in [-0.05, 0) is 6.92 Å². The van der Waals surface area contributed by atoms with Gasteiger partial charge in [0.25, 0.3) is 0 Å². The predicted octanol–water partition coefficient (Wildman–Crippen LogP) is -2.14. The Morgan fingerprint density at radius 1 is 1.58 bits per heavy atom. The molecule has 0 spiro atoms. The maximum atomic E-state index is 10.9. The number of amides is 1. The molecule has 1 amide bonds. The van der Waals surface area contributed by atoms with Gasteiger partial charge in [-0.3, -0.25) is 9.59 Å². The molecule has 0 aromatic carbocycles. The standard InChI is InChI=1S/C6H13N3O3/c1-3(6(11)12)9-5(10)4(8)2-7/h3-4H,2,7-8H2,1H3,(H,9,10)(H,11,12)/t3-,4+/m1/s1. The maximum Gasteiger partial charge on any atom is 0.325 e. The van der Waals surface area contributed by atoms with Gasteiger partial charge in [0.2, 0.25) is 5.91 Å². The number of carbonyl (C=O) groups excluding carboxylic acids is 1. The Hall–Kier alpha value is -1.14. The molecule has 0 rings (SSSR count). The lowest BCUT2D eigenvalue weighted by Crippen LogP contribution is -2.50. The zero-order chi connectivity index (χ0) is 9.72. The number of aliphatic carboxylic acids is 1. The first kappa shape index (κ1) is 10.9. The molecule has 70 valence electrons. The van der Waals surface area contributed by atoms with Crippen LogP contribution < -0.4 is 16.8 Å². The molecule has 6 N–H and O–H groups in total. The van der Waals surface area contributed by atoms with E-state index in [1.807, 2.05) is 0 Å². The highest BCUT2D eigenvalue weighted by atomic mass is 16.4. The summed E-state index contributed by atoms with van der Waals surface area (Å²) in [5, 5.41) is 10.6. The summed E-state index contributed by atoms with van der Waals surface area (Å²) in [7, 11) is 0. The van der Waals surface area contributed by atoms with Gasteiger partial charge in [-0.25, -0.2) is 0 Å². The van der Waals surface area contributed by atoms with E-state index in [0.717, 1.165) is 0 Å². The third kappa shape index (κ3) is 3.31. The van der Waals surface area contributed by atoms with Crippen LogP contribution in [0.15, 0.2) is 0 Å². The zero-order valence-electron chi connectivity index (χ0n) is 6.78. The highest BCUT2D eigenvalue weighted by Crippen LogP contribution is 1.83. The highest BCUT2D eigenvalue weighted by Gasteiger charge is 2.17. The van der Waals surface area contributed by atoms with E-state index in [-0.39, 0.29) is 6.54 Å². The van der Waals surface area contributed by atoms with Crippen LogP contribution in [0.5, 0.6) is 0 Å². The fourth-order valence-corrected chi connectivity index (χ4v) is 0.489. The van der Waals surface area contributed by atoms with Crippen LogP contribution in [0.2, 0.25) is 0 Å². The van der Waals surface area contributed by atoms with Crippen LogP contribution in [0.3, 0.4) is 0 Å². The molecular formula is C6H13N3O3. The number of rotatable bonds is 4. The van der Waals surface area contributed by atoms with Gasteiger partial charge in [0.1, 0.15) is 6.04 Å². The molecule has 0 saturated carbocycles. The Morgan fingerprint density at radius 2 is 2.08 bits per heavy atom. The summed E-state index contributed by atoms with van der Waals surface area (Å²) in [6.45, 7) is 1.35. The van der Waals surface area contributed by atoms with E-state index in [0.29, 0.717) is 0 Å². The molecule has 6 nitrogen and oxygen atoms in total. The second-order valence-corrected chi connectivity index (χ2v) is 2.41. The smallest absolute Gasteiger partial charge is 0.325 e. The van der Waals surface area contributed by atoms with Crippen molar-refractivity contribution in [2.45, 2.75) is 19.0 Å². The van der Waals surface area contributed by atoms with E-state index in [1.54, 1.807) is 0 Å². The minimum Gasteiger partial charge on any atom is -0.480 e. The fraction of sp³-hybridized carbons (Fsp3) is 0.667. The Kier molecular flexibility index (Phi) is 4.24. The predicted molar refractivity (Wildman–Crippen MR) is 42.3 cm³/mol. The number of carboxylic acid groups (broad SMARTS) is 1. The summed E-state index contributed by atoms with van der Waals surface area (Å²) in [6.07, 6.45) is 0. The van der Waals surface area contributed by atoms with Crippen LogP contribution >= 0.6 is 0 Å². The first-order valence-corrected chi connectivity index (χ1v) is 3.48. The van der Waals surface area contributed by atoms with Crippen LogP contribution in [-0.4, -0.2) is 35.6 Å². The monoisotopic (exact) mass is 175 g/mol. The molecule has 0 aliphatic heterocycles. The number of carboxylic acids is 1. The van der Waals surface area contributed by atoms with Crippen molar-refractivity contribution in [1.29, 1.82) is 0 Å². The molecule has 12 heavy (non-hydrogen) atoms. The molecule has 0 saturated heterocycles. The number of hydrogen-bond donors (Lipinski definition) is 4. The molecule has 0 radical (unpaired) electrons. The normalized spacial score (nSPS) is 14.9. The topological polar surface area (TPSA) is 118 Å². The number of carbonyl (C=O) groups is 2. The minimum atomic E-state index is -1.10. The van der Waals surface area contributed by atoms with Gasteiger partial charge in [0.05, 0.1) is 6.04 Å². The van der Waals surface area contributed by atoms with Gasteiger partial charge in [0.15, 0.2) is 0 Å². The first-order chi connectivity index (χ1) is 5.49. The molecule has 0 heterocycles. The Balaban J connectivity index is 3.92. The van der Waals surface area contributed by atoms with E-state index in [2.05, 4.69) is 5.32 Å². The molecular weight excluding hydrogens is 162 g/mol. The molecule has 0 bridgehead atoms. The second-order valence-electron chi connectivity index (χ2n) is 2.41. The highest BCUT2D eigenvalue weighted by molar-refractivity contribution is 5.86. The van der Waals surface area contributed by atoms with Crippen molar-refractivity contribution in [1.82, 2.24) is 5.32 Å². The van der Waals surface area contributed by atoms with E-state index in [9.17, 15) is 9.59 Å². The van der Waals surface area contributed by atoms with Crippen molar-refractivity contribution in [3.8, 4) is 0 Å². The lowest BCUT2D eigenvalue weighted by molar-refractivity contribution is -0.141. The van der Waals surface area contributed by atoms with Gasteiger partial charge < -0.3 is 21.9 Å². The Morgan fingerprint density at radius 3 is 2.42 bits per heavy atom. The van der Waals surface area contributed by atoms with Gasteiger partial charge in [0, 0.05) is 6.54 Å². The van der Waals surface area contributed by atoms with Crippen LogP contribution in [0.4, 0.5) is 0 Å². The Bertz CT molecular complexity index is 183. The van der Waals surface area contributed by atoms with Gasteiger partial charge in [-0.2, -0.15) is 0 Å². The second kappa shape index (κ2) is 4.68. The molecule has 0 aliphatic rings. The summed E-state index contributed by atoms with van der Waals surface area (Å²) in [6, 6.07) is -1.78. The lowest BCUT2D eigenvalue weighted by atomic mass is 10.2. The zero-order valence-corrected chi connectivity index (χ0v) is 6.78. The lowest BCUT2D eigenvalue weighted by Gasteiger charge is -2.12. The quantitative estimate of drug-likeness (QED) is 0.389. The van der Waals surface area contributed by atoms with Gasteiger partial charge >= 0.3 is 5.97 Å². The molecule has 6 heteroatoms. The fourth-order valence-electron chi connectivity index (χ4n) is 0.489. The Labute approximate surface area is 69.9 Å². The van der Waals surface area contributed by atoms with Crippen molar-refractivity contribution in [2.75, 3.05) is 6.54 Å². The molecule has 0 unspecified atom stereocenters. The molecule has 0 aromatic heterocycles. The van der Waals surface area contributed by atoms with Crippen molar-refractivity contribution >= 4 is 11.9 Å². The number of hydrogen-bond acceptors (Lipinski definition) is 4. The molecule has 0 aliphatic carbocycles. The number of nitrogens with one attached hydrogen (secondary N) is 1. The van der Waals surface area contributed by atoms with E-state index in [4.69, 9.17) is 16.6 Å². The van der Waals surface area contributed by atoms with E-state index < -0.39 is 24.0 Å². The summed E-state index contributed by atoms with van der Waals surface area (Å²) >= 11 is 0. The van der Waals surface area contributed by atoms with E-state index >= 15 is 0 Å². The van der Waals surface area contributed by atoms with Crippen LogP contribution in [0.1, 0.15) is 6.92 Å². The van der Waals surface area contributed by atoms with E-state index in [1.165, 1.54) is 6.92 Å². The SMILES string of the molecule is C[C@@H](NC(=O)[C@@H](N)CN)C(=O)O. The first-order valence-electron chi connectivity index (χ1n) is 3.48. The third-order valence-corrected chi connectivity index (χ3v) is 1.32. The van der Waals surface area contributed by atoms with Crippen molar-refractivity contribution in [2.24, 2.45) is 11.5 Å². The summed E-state index contributed by atoms with van der Waals surface area (Å²) in [5.41, 5.74) is 10.3. The molecule has 2 atom stereocenters. The van der Waals surface area contributed by atoms with Crippen molar-refractivity contribution < 1.29 is 14.7 Å². The van der Waals surface area contributed by atoms with Gasteiger partial charge in [-0.1, -0.05) is 0 Å². The summed E-state index contributed by atoms with van der Waals surface area (Å²) < 4.78 is 0. The average Bonchev–Trinajstić information content (AvgIpc) is 2.02. The molecule has 0 fully saturated rings. The third-order valence-electron chi connectivity index (χ3n) is 1.32. The number of nitrogens with two attached hydrogens (primary N) is 2. The summed E-state index contributed by atoms with van der Waals surface area (Å²) in [5.74, 6) is -1.65. The summed E-state index contributed by atoms with van der Waals surface area (Å²) in [4.78, 5) is 21.2. The minimum absolute atomic E-state index is 0.00181. The average molecular weight is 175 g/mol. The van der Waals surface area contributed by atoms with Crippen molar-refractivity contribution in [3.05, 3.63) is 0 Å². The van der Waals surface area contributed by atoms with Gasteiger partial charge in [-0.15, -0.1) is 0 Å². The maximum absolute atomic E-state index is 10.9. The van der Waals surface area contributed by atoms with Crippen molar-refractivity contribution in [3.63, 3.8) is 0 Å². The molecule has 0 aromatic rings. The van der Waals surface area contributed by atoms with Crippen LogP contribution in [-0.2, 0) is 9.59 Å². The van der Waals surface area contributed by atoms with Crippen LogP contribution in [0, 0.1) is 0 Å². The van der Waals surface area contributed by atoms with Crippen LogP contribution in [0.25, 0.3) is 0 Å².